The van der Waals surface area contributed by atoms with Crippen molar-refractivity contribution in [2.24, 2.45) is 7.05 Å². The molecule has 31 heavy (non-hydrogen) atoms. The van der Waals surface area contributed by atoms with Gasteiger partial charge in [-0.1, -0.05) is 17.3 Å². The molecular weight excluding hydrogens is 390 g/mol. The molecule has 0 amide bonds. The topological polar surface area (TPSA) is 81.7 Å². The third-order valence-corrected chi connectivity index (χ3v) is 6.00. The maximum absolute atomic E-state index is 12.9. The molecular formula is C23H25N7O. The van der Waals surface area contributed by atoms with E-state index in [4.69, 9.17) is 0 Å². The van der Waals surface area contributed by atoms with Crippen molar-refractivity contribution in [1.29, 1.82) is 0 Å². The van der Waals surface area contributed by atoms with Crippen LogP contribution in [0.15, 0.2) is 49.1 Å². The molecule has 158 valence electrons. The summed E-state index contributed by atoms with van der Waals surface area (Å²) < 4.78 is 3.64. The van der Waals surface area contributed by atoms with Gasteiger partial charge in [0.15, 0.2) is 5.78 Å². The predicted molar refractivity (Wildman–Crippen MR) is 118 cm³/mol. The Hall–Kier alpha value is -3.39. The molecule has 1 aliphatic heterocycles. The van der Waals surface area contributed by atoms with Crippen molar-refractivity contribution in [3.63, 3.8) is 0 Å². The fourth-order valence-corrected chi connectivity index (χ4v) is 4.13. The van der Waals surface area contributed by atoms with Crippen LogP contribution in [-0.2, 0) is 13.5 Å². The summed E-state index contributed by atoms with van der Waals surface area (Å²) in [6, 6.07) is 8.44. The average Bonchev–Trinajstić information content (AvgIpc) is 3.43. The lowest BCUT2D eigenvalue weighted by atomic mass is 10.0. The van der Waals surface area contributed by atoms with Gasteiger partial charge < -0.3 is 4.90 Å². The van der Waals surface area contributed by atoms with Crippen molar-refractivity contribution in [2.45, 2.75) is 25.3 Å². The lowest BCUT2D eigenvalue weighted by Gasteiger charge is -2.28. The molecule has 4 aromatic rings. The lowest BCUT2D eigenvalue weighted by molar-refractivity contribution is 0.0991. The quantitative estimate of drug-likeness (QED) is 0.466. The SMILES string of the molecule is CN1CCC(n2cc(C(=O)Cc3cc4cc(-c5cn(C)nn5)ccc4cn3)cn2)CC1. The number of aryl methyl sites for hydroxylation is 1. The fourth-order valence-electron chi connectivity index (χ4n) is 4.13. The fraction of sp³-hybridized carbons (Fsp3) is 0.348. The third-order valence-electron chi connectivity index (χ3n) is 6.00. The molecule has 8 nitrogen and oxygen atoms in total. The number of Topliss-reactive ketones (excluding diaryl/α,β-unsaturated/α-hetero) is 1. The van der Waals surface area contributed by atoms with E-state index >= 15 is 0 Å². The van der Waals surface area contributed by atoms with E-state index in [1.165, 1.54) is 0 Å². The smallest absolute Gasteiger partial charge is 0.171 e. The second-order valence-electron chi connectivity index (χ2n) is 8.36. The molecule has 1 aliphatic rings. The lowest BCUT2D eigenvalue weighted by Crippen LogP contribution is -2.31. The minimum absolute atomic E-state index is 0.0381. The summed E-state index contributed by atoms with van der Waals surface area (Å²) in [4.78, 5) is 19.7. The van der Waals surface area contributed by atoms with E-state index in [1.54, 1.807) is 10.9 Å². The van der Waals surface area contributed by atoms with E-state index in [1.807, 2.05) is 48.5 Å². The number of rotatable bonds is 5. The van der Waals surface area contributed by atoms with Crippen LogP contribution in [0, 0.1) is 0 Å². The summed E-state index contributed by atoms with van der Waals surface area (Å²) in [6.45, 7) is 2.12. The van der Waals surface area contributed by atoms with Crippen molar-refractivity contribution in [2.75, 3.05) is 20.1 Å². The van der Waals surface area contributed by atoms with Crippen LogP contribution in [0.1, 0.15) is 34.9 Å². The van der Waals surface area contributed by atoms with Gasteiger partial charge in [0.1, 0.15) is 5.69 Å². The number of fused-ring (bicyclic) bond motifs is 1. The maximum atomic E-state index is 12.9. The number of benzene rings is 1. The Kier molecular flexibility index (Phi) is 5.07. The third kappa shape index (κ3) is 4.11. The standard InChI is InChI=1S/C23H25N7O/c1-28-7-5-21(6-8-28)30-14-19(13-25-30)23(31)11-20-10-18-9-16(3-4-17(18)12-24-20)22-15-29(2)27-26-22/h3-4,9-10,12-15,21H,5-8,11H2,1-2H3. The molecule has 0 saturated carbocycles. The van der Waals surface area contributed by atoms with E-state index in [0.717, 1.165) is 53.7 Å². The van der Waals surface area contributed by atoms with Gasteiger partial charge >= 0.3 is 0 Å². The molecule has 0 radical (unpaired) electrons. The maximum Gasteiger partial charge on any atom is 0.171 e. The van der Waals surface area contributed by atoms with Gasteiger partial charge in [0.05, 0.1) is 30.4 Å². The summed E-state index contributed by atoms with van der Waals surface area (Å²) in [6.07, 6.45) is 9.66. The molecule has 0 N–H and O–H groups in total. The van der Waals surface area contributed by atoms with E-state index in [0.29, 0.717) is 11.6 Å². The Bertz CT molecular complexity index is 1230. The largest absolute Gasteiger partial charge is 0.306 e. The predicted octanol–water partition coefficient (Wildman–Crippen LogP) is 2.92. The van der Waals surface area contributed by atoms with Gasteiger partial charge in [0.2, 0.25) is 0 Å². The highest BCUT2D eigenvalue weighted by atomic mass is 16.1. The van der Waals surface area contributed by atoms with E-state index < -0.39 is 0 Å². The van der Waals surface area contributed by atoms with Gasteiger partial charge in [-0.25, -0.2) is 0 Å². The van der Waals surface area contributed by atoms with Gasteiger partial charge in [0, 0.05) is 36.1 Å². The summed E-state index contributed by atoms with van der Waals surface area (Å²) in [7, 11) is 3.99. The minimum Gasteiger partial charge on any atom is -0.306 e. The number of hydrogen-bond donors (Lipinski definition) is 0. The number of aromatic nitrogens is 6. The molecule has 0 atom stereocenters. The van der Waals surface area contributed by atoms with Crippen LogP contribution in [0.3, 0.4) is 0 Å². The molecule has 1 fully saturated rings. The summed E-state index contributed by atoms with van der Waals surface area (Å²) in [5.41, 5.74) is 3.21. The Labute approximate surface area is 180 Å². The van der Waals surface area contributed by atoms with Gasteiger partial charge in [-0.15, -0.1) is 5.10 Å². The van der Waals surface area contributed by atoms with Gasteiger partial charge in [-0.05, 0) is 50.5 Å². The number of carbonyl (C=O) groups is 1. The Balaban J connectivity index is 1.33. The summed E-state index contributed by atoms with van der Waals surface area (Å²) in [5.74, 6) is 0.0381. The minimum atomic E-state index is 0.0381. The zero-order valence-corrected chi connectivity index (χ0v) is 17.8. The van der Waals surface area contributed by atoms with Crippen LogP contribution in [0.25, 0.3) is 22.0 Å². The summed E-state index contributed by atoms with van der Waals surface area (Å²) in [5, 5.41) is 14.7. The molecule has 3 aromatic heterocycles. The molecule has 4 heterocycles. The van der Waals surface area contributed by atoms with Crippen molar-refractivity contribution in [3.05, 3.63) is 60.3 Å². The molecule has 0 spiro atoms. The number of hydrogen-bond acceptors (Lipinski definition) is 6. The van der Waals surface area contributed by atoms with Crippen LogP contribution in [0.5, 0.6) is 0 Å². The first-order chi connectivity index (χ1) is 15.0. The summed E-state index contributed by atoms with van der Waals surface area (Å²) >= 11 is 0. The van der Waals surface area contributed by atoms with Crippen LogP contribution < -0.4 is 0 Å². The zero-order valence-electron chi connectivity index (χ0n) is 17.8. The Morgan fingerprint density at radius 3 is 2.68 bits per heavy atom. The Morgan fingerprint density at radius 1 is 1.06 bits per heavy atom. The number of ketones is 1. The first-order valence-corrected chi connectivity index (χ1v) is 10.6. The Morgan fingerprint density at radius 2 is 1.90 bits per heavy atom. The van der Waals surface area contributed by atoms with Crippen LogP contribution in [0.4, 0.5) is 0 Å². The van der Waals surface area contributed by atoms with Crippen molar-refractivity contribution < 1.29 is 4.79 Å². The van der Waals surface area contributed by atoms with Gasteiger partial charge in [0.25, 0.3) is 0 Å². The van der Waals surface area contributed by atoms with E-state index in [2.05, 4.69) is 38.4 Å². The zero-order chi connectivity index (χ0) is 21.4. The van der Waals surface area contributed by atoms with Crippen molar-refractivity contribution in [3.8, 4) is 11.3 Å². The molecule has 8 heteroatoms. The number of piperidine rings is 1. The highest BCUT2D eigenvalue weighted by molar-refractivity contribution is 5.97. The second-order valence-corrected chi connectivity index (χ2v) is 8.36. The second kappa shape index (κ2) is 8.03. The molecule has 0 unspecified atom stereocenters. The average molecular weight is 416 g/mol. The number of pyridine rings is 1. The monoisotopic (exact) mass is 415 g/mol. The van der Waals surface area contributed by atoms with E-state index in [-0.39, 0.29) is 12.2 Å². The van der Waals surface area contributed by atoms with Crippen LogP contribution >= 0.6 is 0 Å². The number of carbonyl (C=O) groups excluding carboxylic acids is 1. The molecule has 1 aromatic carbocycles. The number of nitrogens with zero attached hydrogens (tertiary/aromatic N) is 7. The van der Waals surface area contributed by atoms with Crippen molar-refractivity contribution >= 4 is 16.6 Å². The van der Waals surface area contributed by atoms with Crippen molar-refractivity contribution in [1.82, 2.24) is 34.7 Å². The van der Waals surface area contributed by atoms with Gasteiger partial charge in [-0.2, -0.15) is 5.10 Å². The first-order valence-electron chi connectivity index (χ1n) is 10.6. The molecule has 5 rings (SSSR count). The van der Waals surface area contributed by atoms with E-state index in [9.17, 15) is 4.79 Å². The molecule has 1 saturated heterocycles. The normalized spacial score (nSPS) is 15.5. The highest BCUT2D eigenvalue weighted by Crippen LogP contribution is 2.24. The molecule has 0 aliphatic carbocycles. The van der Waals surface area contributed by atoms with Crippen LogP contribution in [0.2, 0.25) is 0 Å². The molecule has 0 bridgehead atoms. The van der Waals surface area contributed by atoms with Crippen LogP contribution in [-0.4, -0.2) is 60.6 Å². The highest BCUT2D eigenvalue weighted by Gasteiger charge is 2.20. The number of likely N-dealkylation sites (tertiary alicyclic amines) is 1. The van der Waals surface area contributed by atoms with Gasteiger partial charge in [-0.3, -0.25) is 19.1 Å². The first kappa shape index (κ1) is 19.6.